The fraction of sp³-hybridized carbons (Fsp3) is 0.333. The second kappa shape index (κ2) is 9.37. The Balaban J connectivity index is 2.03. The lowest BCUT2D eigenvalue weighted by atomic mass is 10.2. The van der Waals surface area contributed by atoms with Crippen molar-refractivity contribution in [2.75, 3.05) is 19.8 Å². The summed E-state index contributed by atoms with van der Waals surface area (Å²) >= 11 is 7.80. The van der Waals surface area contributed by atoms with Crippen molar-refractivity contribution in [3.8, 4) is 5.75 Å². The van der Waals surface area contributed by atoms with Crippen LogP contribution in [0.2, 0.25) is 5.02 Å². The van der Waals surface area contributed by atoms with Crippen molar-refractivity contribution in [2.24, 2.45) is 4.99 Å². The van der Waals surface area contributed by atoms with Crippen LogP contribution in [0.3, 0.4) is 0 Å². The van der Waals surface area contributed by atoms with Gasteiger partial charge in [0, 0.05) is 23.7 Å². The molecule has 0 unspecified atom stereocenters. The molecule has 0 aliphatic carbocycles. The van der Waals surface area contributed by atoms with Gasteiger partial charge in [0.15, 0.2) is 4.80 Å². The standard InChI is InChI=1S/C21H23ClN2O3S/c1-4-26-13-12-24-19-14(3)17(22)10-11-18(19)28-21(24)23-20(25)15-6-8-16(9-7-15)27-5-2/h6-11H,4-5,12-13H2,1-3H3. The first-order chi connectivity index (χ1) is 13.5. The van der Waals surface area contributed by atoms with Crippen molar-refractivity contribution in [2.45, 2.75) is 27.3 Å². The van der Waals surface area contributed by atoms with Crippen LogP contribution >= 0.6 is 22.9 Å². The van der Waals surface area contributed by atoms with E-state index >= 15 is 0 Å². The molecule has 1 aromatic heterocycles. The number of thiazole rings is 1. The van der Waals surface area contributed by atoms with Gasteiger partial charge in [0.1, 0.15) is 5.75 Å². The SMILES string of the molecule is CCOCCn1c(=NC(=O)c2ccc(OCC)cc2)sc2ccc(Cl)c(C)c21. The molecule has 0 bridgehead atoms. The van der Waals surface area contributed by atoms with Crippen LogP contribution in [0.25, 0.3) is 10.2 Å². The predicted molar refractivity (Wildman–Crippen MR) is 114 cm³/mol. The average molecular weight is 419 g/mol. The molecule has 148 valence electrons. The second-order valence-electron chi connectivity index (χ2n) is 6.13. The molecule has 0 fully saturated rings. The Hall–Kier alpha value is -2.15. The van der Waals surface area contributed by atoms with Crippen LogP contribution in [0.1, 0.15) is 29.8 Å². The molecular formula is C21H23ClN2O3S. The molecule has 0 radical (unpaired) electrons. The molecule has 0 aliphatic rings. The molecule has 0 saturated carbocycles. The van der Waals surface area contributed by atoms with Gasteiger partial charge in [-0.1, -0.05) is 22.9 Å². The third kappa shape index (κ3) is 4.46. The molecule has 1 amide bonds. The van der Waals surface area contributed by atoms with E-state index in [-0.39, 0.29) is 5.91 Å². The first-order valence-corrected chi connectivity index (χ1v) is 10.4. The molecule has 0 N–H and O–H groups in total. The predicted octanol–water partition coefficient (Wildman–Crippen LogP) is 4.84. The number of aryl methyl sites for hydroxylation is 1. The van der Waals surface area contributed by atoms with Crippen molar-refractivity contribution in [3.63, 3.8) is 0 Å². The summed E-state index contributed by atoms with van der Waals surface area (Å²) in [5, 5.41) is 0.694. The van der Waals surface area contributed by atoms with E-state index in [1.807, 2.05) is 37.5 Å². The minimum absolute atomic E-state index is 0.288. The fourth-order valence-corrected chi connectivity index (χ4v) is 4.19. The van der Waals surface area contributed by atoms with Gasteiger partial charge >= 0.3 is 0 Å². The Morgan fingerprint density at radius 2 is 1.89 bits per heavy atom. The normalized spacial score (nSPS) is 11.9. The van der Waals surface area contributed by atoms with Gasteiger partial charge in [-0.3, -0.25) is 4.79 Å². The molecule has 0 saturated heterocycles. The number of rotatable bonds is 7. The smallest absolute Gasteiger partial charge is 0.279 e. The first kappa shape index (κ1) is 20.6. The van der Waals surface area contributed by atoms with Crippen LogP contribution in [0.5, 0.6) is 5.75 Å². The molecule has 5 nitrogen and oxygen atoms in total. The largest absolute Gasteiger partial charge is 0.494 e. The summed E-state index contributed by atoms with van der Waals surface area (Å²) in [6.07, 6.45) is 0. The summed E-state index contributed by atoms with van der Waals surface area (Å²) in [4.78, 5) is 17.8. The van der Waals surface area contributed by atoms with Crippen LogP contribution < -0.4 is 9.54 Å². The maximum Gasteiger partial charge on any atom is 0.279 e. The van der Waals surface area contributed by atoms with Gasteiger partial charge in [0.2, 0.25) is 0 Å². The Kier molecular flexibility index (Phi) is 6.88. The zero-order valence-corrected chi connectivity index (χ0v) is 17.8. The Bertz CT molecular complexity index is 1040. The number of aromatic nitrogens is 1. The summed E-state index contributed by atoms with van der Waals surface area (Å²) in [5.41, 5.74) is 2.49. The van der Waals surface area contributed by atoms with Gasteiger partial charge < -0.3 is 14.0 Å². The zero-order valence-electron chi connectivity index (χ0n) is 16.2. The molecule has 3 rings (SSSR count). The Labute approximate surface area is 173 Å². The highest BCUT2D eigenvalue weighted by Crippen LogP contribution is 2.27. The van der Waals surface area contributed by atoms with Crippen LogP contribution in [0.15, 0.2) is 41.4 Å². The molecule has 7 heteroatoms. The number of ether oxygens (including phenoxy) is 2. The van der Waals surface area contributed by atoms with Crippen molar-refractivity contribution < 1.29 is 14.3 Å². The van der Waals surface area contributed by atoms with E-state index in [1.165, 1.54) is 11.3 Å². The van der Waals surface area contributed by atoms with Crippen molar-refractivity contribution in [3.05, 3.63) is 57.3 Å². The summed E-state index contributed by atoms with van der Waals surface area (Å²) < 4.78 is 14.0. The third-order valence-corrected chi connectivity index (χ3v) is 5.76. The Morgan fingerprint density at radius 3 is 2.57 bits per heavy atom. The number of nitrogens with zero attached hydrogens (tertiary/aromatic N) is 2. The molecule has 1 heterocycles. The number of hydrogen-bond acceptors (Lipinski definition) is 4. The van der Waals surface area contributed by atoms with E-state index in [4.69, 9.17) is 21.1 Å². The highest BCUT2D eigenvalue weighted by atomic mass is 35.5. The number of hydrogen-bond donors (Lipinski definition) is 0. The minimum atomic E-state index is -0.288. The third-order valence-electron chi connectivity index (χ3n) is 4.30. The lowest BCUT2D eigenvalue weighted by Gasteiger charge is -2.08. The minimum Gasteiger partial charge on any atom is -0.494 e. The van der Waals surface area contributed by atoms with Gasteiger partial charge in [-0.05, 0) is 62.7 Å². The van der Waals surface area contributed by atoms with E-state index in [0.717, 1.165) is 21.5 Å². The topological polar surface area (TPSA) is 52.8 Å². The van der Waals surface area contributed by atoms with E-state index in [0.29, 0.717) is 41.8 Å². The van der Waals surface area contributed by atoms with Gasteiger partial charge in [-0.15, -0.1) is 0 Å². The number of fused-ring (bicyclic) bond motifs is 1. The summed E-state index contributed by atoms with van der Waals surface area (Å²) in [5.74, 6) is 0.446. The van der Waals surface area contributed by atoms with Gasteiger partial charge in [-0.2, -0.15) is 4.99 Å². The van der Waals surface area contributed by atoms with Gasteiger partial charge in [0.25, 0.3) is 5.91 Å². The average Bonchev–Trinajstić information content (AvgIpc) is 3.04. The van der Waals surface area contributed by atoms with Crippen molar-refractivity contribution in [1.29, 1.82) is 0 Å². The van der Waals surface area contributed by atoms with E-state index in [2.05, 4.69) is 4.99 Å². The first-order valence-electron chi connectivity index (χ1n) is 9.23. The second-order valence-corrected chi connectivity index (χ2v) is 7.54. The van der Waals surface area contributed by atoms with E-state index < -0.39 is 0 Å². The number of benzene rings is 2. The molecule has 0 aliphatic heterocycles. The molecule has 0 atom stereocenters. The van der Waals surface area contributed by atoms with Gasteiger partial charge in [-0.25, -0.2) is 0 Å². The lowest BCUT2D eigenvalue weighted by molar-refractivity contribution is 0.0996. The fourth-order valence-electron chi connectivity index (χ4n) is 2.92. The highest BCUT2D eigenvalue weighted by molar-refractivity contribution is 7.16. The maximum absolute atomic E-state index is 12.7. The number of amides is 1. The summed E-state index contributed by atoms with van der Waals surface area (Å²) in [6, 6.07) is 10.9. The monoisotopic (exact) mass is 418 g/mol. The molecule has 3 aromatic rings. The van der Waals surface area contributed by atoms with Crippen molar-refractivity contribution >= 4 is 39.1 Å². The van der Waals surface area contributed by atoms with Gasteiger partial charge in [0.05, 0.1) is 23.4 Å². The lowest BCUT2D eigenvalue weighted by Crippen LogP contribution is -2.20. The maximum atomic E-state index is 12.7. The zero-order chi connectivity index (χ0) is 20.1. The van der Waals surface area contributed by atoms with Crippen LogP contribution in [-0.4, -0.2) is 30.3 Å². The number of carbonyl (C=O) groups excluding carboxylic acids is 1. The molecular weight excluding hydrogens is 396 g/mol. The quantitative estimate of drug-likeness (QED) is 0.516. The van der Waals surface area contributed by atoms with Crippen LogP contribution in [0.4, 0.5) is 0 Å². The summed E-state index contributed by atoms with van der Waals surface area (Å²) in [7, 11) is 0. The molecule has 2 aromatic carbocycles. The molecule has 0 spiro atoms. The number of halogens is 1. The molecule has 28 heavy (non-hydrogen) atoms. The van der Waals surface area contributed by atoms with Crippen LogP contribution in [0, 0.1) is 6.92 Å². The number of carbonyl (C=O) groups is 1. The van der Waals surface area contributed by atoms with Crippen molar-refractivity contribution in [1.82, 2.24) is 4.57 Å². The highest BCUT2D eigenvalue weighted by Gasteiger charge is 2.13. The van der Waals surface area contributed by atoms with E-state index in [9.17, 15) is 4.79 Å². The van der Waals surface area contributed by atoms with Crippen LogP contribution in [-0.2, 0) is 11.3 Å². The Morgan fingerprint density at radius 1 is 1.14 bits per heavy atom. The summed E-state index contributed by atoms with van der Waals surface area (Å²) in [6.45, 7) is 8.22. The van der Waals surface area contributed by atoms with E-state index in [1.54, 1.807) is 24.3 Å².